The van der Waals surface area contributed by atoms with Crippen LogP contribution in [0.2, 0.25) is 0 Å². The van der Waals surface area contributed by atoms with Crippen LogP contribution in [0.15, 0.2) is 16.6 Å². The Morgan fingerprint density at radius 3 is 2.70 bits per heavy atom. The van der Waals surface area contributed by atoms with Crippen LogP contribution in [0.1, 0.15) is 45.1 Å². The molecule has 1 N–H and O–H groups in total. The number of unbranched alkanes of at least 4 members (excludes halogenated alkanes) is 1. The SMILES string of the molecule is CCCCN1CCC(NC(=O)COc2c(Br)cc(C#N)cc2OCC)CC1. The summed E-state index contributed by atoms with van der Waals surface area (Å²) in [5, 5.41) is 12.1. The van der Waals surface area contributed by atoms with Crippen molar-refractivity contribution in [3.8, 4) is 17.6 Å². The number of nitrogens with one attached hydrogen (secondary N) is 1. The molecule has 0 bridgehead atoms. The Morgan fingerprint density at radius 1 is 1.33 bits per heavy atom. The minimum absolute atomic E-state index is 0.0827. The standard InChI is InChI=1S/C20H28BrN3O3/c1-3-5-8-24-9-6-16(7-10-24)23-19(25)14-27-20-17(21)11-15(13-22)12-18(20)26-4-2/h11-12,16H,3-10,14H2,1-2H3,(H,23,25). The highest BCUT2D eigenvalue weighted by atomic mass is 79.9. The van der Waals surface area contributed by atoms with Gasteiger partial charge in [0, 0.05) is 25.2 Å². The van der Waals surface area contributed by atoms with Crippen molar-refractivity contribution in [2.75, 3.05) is 32.8 Å². The molecule has 0 atom stereocenters. The van der Waals surface area contributed by atoms with E-state index in [-0.39, 0.29) is 18.6 Å². The van der Waals surface area contributed by atoms with Gasteiger partial charge in [-0.3, -0.25) is 4.79 Å². The zero-order valence-corrected chi connectivity index (χ0v) is 17.7. The third-order valence-electron chi connectivity index (χ3n) is 4.57. The Hall–Kier alpha value is -1.78. The summed E-state index contributed by atoms with van der Waals surface area (Å²) in [6, 6.07) is 5.56. The molecule has 0 aromatic heterocycles. The first kappa shape index (κ1) is 21.5. The second-order valence-corrected chi connectivity index (χ2v) is 7.51. The smallest absolute Gasteiger partial charge is 0.258 e. The van der Waals surface area contributed by atoms with E-state index in [2.05, 4.69) is 39.1 Å². The van der Waals surface area contributed by atoms with Gasteiger partial charge in [0.2, 0.25) is 0 Å². The predicted molar refractivity (Wildman–Crippen MR) is 108 cm³/mol. The van der Waals surface area contributed by atoms with Crippen molar-refractivity contribution >= 4 is 21.8 Å². The monoisotopic (exact) mass is 437 g/mol. The molecule has 1 amide bonds. The van der Waals surface area contributed by atoms with Crippen molar-refractivity contribution in [2.24, 2.45) is 0 Å². The number of ether oxygens (including phenoxy) is 2. The van der Waals surface area contributed by atoms with Crippen LogP contribution in [0.3, 0.4) is 0 Å². The van der Waals surface area contributed by atoms with E-state index in [1.165, 1.54) is 12.8 Å². The summed E-state index contributed by atoms with van der Waals surface area (Å²) >= 11 is 3.39. The van der Waals surface area contributed by atoms with Crippen molar-refractivity contribution in [3.05, 3.63) is 22.2 Å². The Kier molecular flexibility index (Phi) is 8.89. The van der Waals surface area contributed by atoms with Gasteiger partial charge in [-0.25, -0.2) is 0 Å². The molecule has 0 radical (unpaired) electrons. The van der Waals surface area contributed by atoms with Crippen LogP contribution in [0.5, 0.6) is 11.5 Å². The first-order valence-electron chi connectivity index (χ1n) is 9.58. The van der Waals surface area contributed by atoms with E-state index in [0.717, 1.165) is 32.5 Å². The van der Waals surface area contributed by atoms with E-state index in [1.54, 1.807) is 12.1 Å². The molecule has 1 aliphatic heterocycles. The van der Waals surface area contributed by atoms with E-state index in [1.807, 2.05) is 6.92 Å². The Labute approximate surface area is 169 Å². The lowest BCUT2D eigenvalue weighted by Gasteiger charge is -2.32. The van der Waals surface area contributed by atoms with Gasteiger partial charge >= 0.3 is 0 Å². The Bertz CT molecular complexity index is 667. The van der Waals surface area contributed by atoms with Crippen LogP contribution in [-0.2, 0) is 4.79 Å². The Balaban J connectivity index is 1.85. The second kappa shape index (κ2) is 11.2. The lowest BCUT2D eigenvalue weighted by Crippen LogP contribution is -2.46. The van der Waals surface area contributed by atoms with Gasteiger partial charge in [0.1, 0.15) is 0 Å². The van der Waals surface area contributed by atoms with Crippen molar-refractivity contribution in [1.82, 2.24) is 10.2 Å². The van der Waals surface area contributed by atoms with Crippen molar-refractivity contribution in [1.29, 1.82) is 5.26 Å². The summed E-state index contributed by atoms with van der Waals surface area (Å²) in [7, 11) is 0. The number of halogens is 1. The molecule has 1 aliphatic rings. The average Bonchev–Trinajstić information content (AvgIpc) is 2.66. The normalized spacial score (nSPS) is 15.2. The number of piperidine rings is 1. The van der Waals surface area contributed by atoms with E-state index in [4.69, 9.17) is 14.7 Å². The molecular weight excluding hydrogens is 410 g/mol. The van der Waals surface area contributed by atoms with Crippen LogP contribution < -0.4 is 14.8 Å². The van der Waals surface area contributed by atoms with Gasteiger partial charge in [0.05, 0.1) is 22.7 Å². The summed E-state index contributed by atoms with van der Waals surface area (Å²) in [4.78, 5) is 14.7. The molecule has 0 aliphatic carbocycles. The van der Waals surface area contributed by atoms with Gasteiger partial charge in [-0.1, -0.05) is 13.3 Å². The fourth-order valence-electron chi connectivity index (χ4n) is 3.13. The van der Waals surface area contributed by atoms with E-state index >= 15 is 0 Å². The van der Waals surface area contributed by atoms with E-state index in [9.17, 15) is 4.79 Å². The molecule has 1 aromatic carbocycles. The van der Waals surface area contributed by atoms with Crippen LogP contribution in [0.4, 0.5) is 0 Å². The lowest BCUT2D eigenvalue weighted by molar-refractivity contribution is -0.124. The minimum Gasteiger partial charge on any atom is -0.490 e. The molecule has 1 saturated heterocycles. The topological polar surface area (TPSA) is 74.6 Å². The third kappa shape index (κ3) is 6.71. The number of likely N-dealkylation sites (tertiary alicyclic amines) is 1. The molecular formula is C20H28BrN3O3. The highest BCUT2D eigenvalue weighted by Gasteiger charge is 2.21. The van der Waals surface area contributed by atoms with Gasteiger partial charge in [-0.2, -0.15) is 5.26 Å². The summed E-state index contributed by atoms with van der Waals surface area (Å²) in [6.45, 7) is 7.63. The number of amides is 1. The second-order valence-electron chi connectivity index (χ2n) is 6.66. The number of benzene rings is 1. The van der Waals surface area contributed by atoms with Gasteiger partial charge < -0.3 is 19.7 Å². The lowest BCUT2D eigenvalue weighted by atomic mass is 10.0. The zero-order chi connectivity index (χ0) is 19.6. The highest BCUT2D eigenvalue weighted by molar-refractivity contribution is 9.10. The summed E-state index contributed by atoms with van der Waals surface area (Å²) < 4.78 is 11.8. The van der Waals surface area contributed by atoms with Crippen molar-refractivity contribution in [3.63, 3.8) is 0 Å². The summed E-state index contributed by atoms with van der Waals surface area (Å²) in [5.41, 5.74) is 0.469. The number of nitriles is 1. The summed E-state index contributed by atoms with van der Waals surface area (Å²) in [6.07, 6.45) is 4.38. The molecule has 0 unspecified atom stereocenters. The highest BCUT2D eigenvalue weighted by Crippen LogP contribution is 2.36. The van der Waals surface area contributed by atoms with E-state index < -0.39 is 0 Å². The largest absolute Gasteiger partial charge is 0.490 e. The number of carbonyl (C=O) groups excluding carboxylic acids is 1. The van der Waals surface area contributed by atoms with Crippen molar-refractivity contribution < 1.29 is 14.3 Å². The maximum absolute atomic E-state index is 12.3. The minimum atomic E-state index is -0.138. The predicted octanol–water partition coefficient (Wildman–Crippen LogP) is 3.48. The van der Waals surface area contributed by atoms with Crippen LogP contribution in [-0.4, -0.2) is 49.7 Å². The molecule has 1 aromatic rings. The molecule has 148 valence electrons. The van der Waals surface area contributed by atoms with Crippen LogP contribution in [0.25, 0.3) is 0 Å². The molecule has 1 heterocycles. The molecule has 1 fully saturated rings. The fraction of sp³-hybridized carbons (Fsp3) is 0.600. The first-order chi connectivity index (χ1) is 13.1. The molecule has 27 heavy (non-hydrogen) atoms. The number of nitrogens with zero attached hydrogens (tertiary/aromatic N) is 2. The average molecular weight is 438 g/mol. The quantitative estimate of drug-likeness (QED) is 0.639. The number of carbonyl (C=O) groups is 1. The molecule has 0 saturated carbocycles. The van der Waals surface area contributed by atoms with Crippen LogP contribution in [0, 0.1) is 11.3 Å². The number of rotatable bonds is 9. The first-order valence-corrected chi connectivity index (χ1v) is 10.4. The van der Waals surface area contributed by atoms with E-state index in [0.29, 0.717) is 28.1 Å². The third-order valence-corrected chi connectivity index (χ3v) is 5.16. The van der Waals surface area contributed by atoms with Crippen molar-refractivity contribution in [2.45, 2.75) is 45.6 Å². The van der Waals surface area contributed by atoms with Gasteiger partial charge in [0.25, 0.3) is 5.91 Å². The fourth-order valence-corrected chi connectivity index (χ4v) is 3.68. The zero-order valence-electron chi connectivity index (χ0n) is 16.1. The van der Waals surface area contributed by atoms with Crippen LogP contribution >= 0.6 is 15.9 Å². The van der Waals surface area contributed by atoms with Gasteiger partial charge in [-0.05, 0) is 54.7 Å². The van der Waals surface area contributed by atoms with Gasteiger partial charge in [-0.15, -0.1) is 0 Å². The maximum Gasteiger partial charge on any atom is 0.258 e. The molecule has 7 heteroatoms. The number of hydrogen-bond donors (Lipinski definition) is 1. The Morgan fingerprint density at radius 2 is 2.07 bits per heavy atom. The van der Waals surface area contributed by atoms with Gasteiger partial charge in [0.15, 0.2) is 18.1 Å². The molecule has 6 nitrogen and oxygen atoms in total. The summed E-state index contributed by atoms with van der Waals surface area (Å²) in [5.74, 6) is 0.765. The molecule has 0 spiro atoms. The number of hydrogen-bond acceptors (Lipinski definition) is 5. The maximum atomic E-state index is 12.3. The molecule has 2 rings (SSSR count).